The van der Waals surface area contributed by atoms with Crippen molar-refractivity contribution in [2.24, 2.45) is 0 Å². The van der Waals surface area contributed by atoms with Gasteiger partial charge in [0.25, 0.3) is 0 Å². The summed E-state index contributed by atoms with van der Waals surface area (Å²) in [7, 11) is 0. The van der Waals surface area contributed by atoms with E-state index in [2.05, 4.69) is 0 Å². The van der Waals surface area contributed by atoms with E-state index in [4.69, 9.17) is 26.3 Å². The minimum Gasteiger partial charge on any atom is -0.455 e. The van der Waals surface area contributed by atoms with E-state index in [1.54, 1.807) is 0 Å². The number of rotatable bonds is 3. The molecule has 0 atom stereocenters. The fourth-order valence-electron chi connectivity index (χ4n) is 6.41. The standard InChI is InChI=1S/C49H30O/c1-4-17-38-30(11-1)23-25-43-44-29-35(24-26-45(44)50-49(38)43)48-41-20-7-5-18-39(41)47(40-19-6-8-21-42(40)48)34-14-9-13-32(28-34)37-22-10-15-33-27-31-12-2-3-16-36(31)46(33)37/h1-26,28-29H,27H2/i1D,2D,3D,4D,5D,6D,7D,8D,9D,10D,11D,12D,13D,14D,15D,16D,17D,18D,19D,20D,21D,22D,23D,24D,25D,26D,27D2,28D,29D. The van der Waals surface area contributed by atoms with Crippen molar-refractivity contribution in [1.82, 2.24) is 0 Å². The largest absolute Gasteiger partial charge is 0.455 e. The van der Waals surface area contributed by atoms with Crippen LogP contribution in [0.5, 0.6) is 0 Å². The van der Waals surface area contributed by atoms with E-state index in [1.165, 1.54) is 0 Å². The van der Waals surface area contributed by atoms with Crippen molar-refractivity contribution >= 4 is 54.3 Å². The van der Waals surface area contributed by atoms with E-state index < -0.39 is 285 Å². The van der Waals surface area contributed by atoms with Crippen molar-refractivity contribution in [3.63, 3.8) is 0 Å². The summed E-state index contributed by atoms with van der Waals surface area (Å²) in [5.74, 6) is 0. The molecule has 0 N–H and O–H groups in total. The van der Waals surface area contributed by atoms with Crippen molar-refractivity contribution in [3.05, 3.63) is 180 Å². The van der Waals surface area contributed by atoms with Gasteiger partial charge in [-0.25, -0.2) is 0 Å². The third-order valence-corrected chi connectivity index (χ3v) is 8.50. The second-order valence-corrected chi connectivity index (χ2v) is 11.1. The molecular weight excluding hydrogens is 605 g/mol. The fourth-order valence-corrected chi connectivity index (χ4v) is 6.41. The van der Waals surface area contributed by atoms with Gasteiger partial charge in [0.2, 0.25) is 0 Å². The topological polar surface area (TPSA) is 13.1 Å². The molecule has 0 spiro atoms. The normalized spacial score (nSPS) is 21.8. The molecule has 1 nitrogen and oxygen atoms in total. The van der Waals surface area contributed by atoms with Crippen LogP contribution < -0.4 is 0 Å². The Bertz CT molecular complexity index is 4630. The molecule has 0 saturated carbocycles. The van der Waals surface area contributed by atoms with Crippen LogP contribution in [0.3, 0.4) is 0 Å². The second kappa shape index (κ2) is 10.5. The van der Waals surface area contributed by atoms with Gasteiger partial charge in [-0.3, -0.25) is 0 Å². The minimum absolute atomic E-state index is 0.438. The van der Waals surface area contributed by atoms with Gasteiger partial charge in [0.1, 0.15) is 11.2 Å². The number of benzene rings is 9. The lowest BCUT2D eigenvalue weighted by Crippen LogP contribution is -1.92. The van der Waals surface area contributed by atoms with E-state index >= 15 is 0 Å². The number of furan rings is 1. The third kappa shape index (κ3) is 3.95. The minimum atomic E-state index is -3.03. The maximum atomic E-state index is 10.0. The number of hydrogen-bond donors (Lipinski definition) is 0. The quantitative estimate of drug-likeness (QED) is 0.171. The van der Waals surface area contributed by atoms with Crippen molar-refractivity contribution in [3.8, 4) is 44.5 Å². The zero-order chi connectivity index (χ0) is 58.9. The summed E-state index contributed by atoms with van der Waals surface area (Å²) >= 11 is 0. The molecule has 1 aliphatic carbocycles. The lowest BCUT2D eigenvalue weighted by Gasteiger charge is -2.18. The monoisotopic (exact) mass is 664 g/mol. The molecule has 1 aliphatic rings. The van der Waals surface area contributed by atoms with Crippen molar-refractivity contribution < 1.29 is 45.5 Å². The molecule has 0 radical (unpaired) electrons. The van der Waals surface area contributed by atoms with Gasteiger partial charge < -0.3 is 4.42 Å². The second-order valence-electron chi connectivity index (χ2n) is 11.1. The average molecular weight is 665 g/mol. The van der Waals surface area contributed by atoms with Gasteiger partial charge in [-0.2, -0.15) is 0 Å². The van der Waals surface area contributed by atoms with E-state index in [1.807, 2.05) is 0 Å². The molecule has 1 heterocycles. The molecule has 0 amide bonds. The molecule has 0 bridgehead atoms. The summed E-state index contributed by atoms with van der Waals surface area (Å²) in [6, 6.07) is -27.0. The number of hydrogen-bond acceptors (Lipinski definition) is 1. The van der Waals surface area contributed by atoms with Crippen LogP contribution in [-0.4, -0.2) is 0 Å². The molecule has 10 aromatic rings. The maximum Gasteiger partial charge on any atom is 0.143 e. The van der Waals surface area contributed by atoms with Gasteiger partial charge in [0.15, 0.2) is 0 Å². The van der Waals surface area contributed by atoms with Crippen LogP contribution in [-0.2, 0) is 6.37 Å². The molecule has 0 unspecified atom stereocenters. The molecule has 1 aromatic heterocycles. The van der Waals surface area contributed by atoms with Crippen molar-refractivity contribution in [2.45, 2.75) is 6.37 Å². The Labute approximate surface area is 331 Å². The lowest BCUT2D eigenvalue weighted by molar-refractivity contribution is 0.672. The Morgan fingerprint density at radius 3 is 1.78 bits per heavy atom. The Morgan fingerprint density at radius 1 is 0.400 bits per heavy atom. The maximum absolute atomic E-state index is 10.0. The molecule has 0 aliphatic heterocycles. The summed E-state index contributed by atoms with van der Waals surface area (Å²) < 4.78 is 279. The molecule has 9 aromatic carbocycles. The third-order valence-electron chi connectivity index (χ3n) is 8.50. The van der Waals surface area contributed by atoms with Crippen LogP contribution >= 0.6 is 0 Å². The van der Waals surface area contributed by atoms with Gasteiger partial charge in [0, 0.05) is 18.9 Å². The average Bonchev–Trinajstić information content (AvgIpc) is 4.12. The summed E-state index contributed by atoms with van der Waals surface area (Å²) in [6.45, 7) is 0. The van der Waals surface area contributed by atoms with Gasteiger partial charge in [-0.1, -0.05) is 145 Å². The summed E-state index contributed by atoms with van der Waals surface area (Å²) in [5.41, 5.74) is -9.07. The molecule has 1 heteroatoms. The first-order valence-electron chi connectivity index (χ1n) is 29.9. The van der Waals surface area contributed by atoms with Crippen LogP contribution in [0.4, 0.5) is 0 Å². The Balaban J connectivity index is 1.39. The highest BCUT2D eigenvalue weighted by Crippen LogP contribution is 2.47. The van der Waals surface area contributed by atoms with E-state index in [-0.39, 0.29) is 0 Å². The molecular formula is C49H30O. The van der Waals surface area contributed by atoms with Crippen molar-refractivity contribution in [1.29, 1.82) is 0 Å². The Morgan fingerprint density at radius 2 is 1.00 bits per heavy atom. The summed E-state index contributed by atoms with van der Waals surface area (Å²) in [4.78, 5) is 0. The summed E-state index contributed by atoms with van der Waals surface area (Å²) in [5, 5.41) is -5.16. The predicted molar refractivity (Wildman–Crippen MR) is 211 cm³/mol. The lowest BCUT2D eigenvalue weighted by atomic mass is 9.85. The molecule has 50 heavy (non-hydrogen) atoms. The zero-order valence-corrected chi connectivity index (χ0v) is 24.9. The van der Waals surface area contributed by atoms with E-state index in [0.29, 0.717) is 0 Å². The first-order chi connectivity index (χ1) is 37.2. The van der Waals surface area contributed by atoms with Gasteiger partial charge in [-0.05, 0) is 113 Å². The first-order valence-corrected chi connectivity index (χ1v) is 14.9. The highest BCUT2D eigenvalue weighted by Gasteiger charge is 2.23. The SMILES string of the molecule is [2H]c1c([2H])c(-c2c([2H])c([2H])c([2H])c3c2-c2c([2H])c([2H])c([2H])c([2H])c2C3([2H])[2H])c([2H])c(-c2c3c([2H])c([2H])c([2H])c([2H])c3c(-c3c([2H])c([2H])c4oc5c6c([2H])c([2H])c([2H])c([2H])c6c([2H])c([2H])c5c4c3[2H])c3c([2H])c([2H])c([2H])c([2H])c23)c1[2H]. The summed E-state index contributed by atoms with van der Waals surface area (Å²) in [6.07, 6.45) is -3.03. The molecule has 0 saturated heterocycles. The predicted octanol–water partition coefficient (Wildman–Crippen LogP) is 13.6. The highest BCUT2D eigenvalue weighted by atomic mass is 16.3. The van der Waals surface area contributed by atoms with Crippen LogP contribution in [0.1, 0.15) is 52.2 Å². The van der Waals surface area contributed by atoms with Gasteiger partial charge in [0.05, 0.1) is 38.4 Å². The Kier molecular flexibility index (Phi) is 2.38. The van der Waals surface area contributed by atoms with Crippen LogP contribution in [0.25, 0.3) is 98.8 Å². The smallest absolute Gasteiger partial charge is 0.143 e. The molecule has 0 fully saturated rings. The molecule has 11 rings (SSSR count). The van der Waals surface area contributed by atoms with Crippen molar-refractivity contribution in [2.75, 3.05) is 0 Å². The van der Waals surface area contributed by atoms with Gasteiger partial charge >= 0.3 is 0 Å². The van der Waals surface area contributed by atoms with Crippen LogP contribution in [0.2, 0.25) is 0 Å². The highest BCUT2D eigenvalue weighted by molar-refractivity contribution is 6.23. The molecule has 232 valence electrons. The van der Waals surface area contributed by atoms with E-state index in [0.717, 1.165) is 0 Å². The number of fused-ring (bicyclic) bond motifs is 10. The Hall–Kier alpha value is -6.44. The zero-order valence-electron chi connectivity index (χ0n) is 54.9. The van der Waals surface area contributed by atoms with Crippen LogP contribution in [0, 0.1) is 0 Å². The van der Waals surface area contributed by atoms with E-state index in [9.17, 15) is 19.2 Å². The van der Waals surface area contributed by atoms with Gasteiger partial charge in [-0.15, -0.1) is 0 Å². The van der Waals surface area contributed by atoms with Crippen LogP contribution in [0.15, 0.2) is 174 Å². The fraction of sp³-hybridized carbons (Fsp3) is 0.0204. The first kappa shape index (κ1) is 11.3.